The standard InChI is InChI=1S/C21H25Cl2N3O5S/c1-30-16-5-7-18(19(13-16)31-2)24-21(27)14-25-8-3-9-26(11-10-25)32(28,29)20-12-15(22)4-6-17(20)23/h4-7,12-13H,3,8-11,14H2,1-2H3,(H,24,27). The molecular formula is C21H25Cl2N3O5S. The zero-order valence-corrected chi connectivity index (χ0v) is 20.1. The summed E-state index contributed by atoms with van der Waals surface area (Å²) in [5.41, 5.74) is 0.535. The Kier molecular flexibility index (Phi) is 8.24. The van der Waals surface area contributed by atoms with Gasteiger partial charge in [0, 0.05) is 30.7 Å². The summed E-state index contributed by atoms with van der Waals surface area (Å²) in [6, 6.07) is 9.50. The molecule has 0 atom stereocenters. The van der Waals surface area contributed by atoms with Gasteiger partial charge >= 0.3 is 0 Å². The molecule has 0 saturated carbocycles. The van der Waals surface area contributed by atoms with E-state index >= 15 is 0 Å². The van der Waals surface area contributed by atoms with Crippen molar-refractivity contribution in [2.75, 3.05) is 52.3 Å². The number of nitrogens with zero attached hydrogens (tertiary/aromatic N) is 2. The maximum atomic E-state index is 13.1. The normalized spacial score (nSPS) is 15.8. The Morgan fingerprint density at radius 1 is 1.03 bits per heavy atom. The van der Waals surface area contributed by atoms with Crippen molar-refractivity contribution in [2.24, 2.45) is 0 Å². The summed E-state index contributed by atoms with van der Waals surface area (Å²) in [5.74, 6) is 0.889. The smallest absolute Gasteiger partial charge is 0.244 e. The van der Waals surface area contributed by atoms with E-state index in [1.807, 2.05) is 4.90 Å². The number of hydrogen-bond donors (Lipinski definition) is 1. The van der Waals surface area contributed by atoms with E-state index in [0.29, 0.717) is 48.3 Å². The molecule has 0 aliphatic carbocycles. The highest BCUT2D eigenvalue weighted by Crippen LogP contribution is 2.30. The number of anilines is 1. The Morgan fingerprint density at radius 3 is 2.53 bits per heavy atom. The van der Waals surface area contributed by atoms with Crippen molar-refractivity contribution in [3.63, 3.8) is 0 Å². The van der Waals surface area contributed by atoms with Crippen LogP contribution in [0.15, 0.2) is 41.3 Å². The molecule has 3 rings (SSSR count). The maximum absolute atomic E-state index is 13.1. The lowest BCUT2D eigenvalue weighted by atomic mass is 10.2. The van der Waals surface area contributed by atoms with Crippen molar-refractivity contribution < 1.29 is 22.7 Å². The Balaban J connectivity index is 1.63. The summed E-state index contributed by atoms with van der Waals surface area (Å²) in [6.07, 6.45) is 0.580. The van der Waals surface area contributed by atoms with Crippen molar-refractivity contribution in [1.82, 2.24) is 9.21 Å². The second-order valence-corrected chi connectivity index (χ2v) is 9.97. The van der Waals surface area contributed by atoms with Crippen LogP contribution in [0.25, 0.3) is 0 Å². The molecule has 1 fully saturated rings. The van der Waals surface area contributed by atoms with Gasteiger partial charge in [0.05, 0.1) is 31.5 Å². The maximum Gasteiger partial charge on any atom is 0.244 e. The zero-order chi connectivity index (χ0) is 23.3. The van der Waals surface area contributed by atoms with Crippen molar-refractivity contribution in [1.29, 1.82) is 0 Å². The van der Waals surface area contributed by atoms with Crippen LogP contribution in [-0.2, 0) is 14.8 Å². The molecule has 1 N–H and O–H groups in total. The quantitative estimate of drug-likeness (QED) is 0.625. The van der Waals surface area contributed by atoms with Crippen LogP contribution in [0.3, 0.4) is 0 Å². The summed E-state index contributed by atoms with van der Waals surface area (Å²) in [5, 5.41) is 3.27. The van der Waals surface area contributed by atoms with Crippen LogP contribution >= 0.6 is 23.2 Å². The fourth-order valence-corrected chi connectivity index (χ4v) is 5.66. The second-order valence-electron chi connectivity index (χ2n) is 7.22. The zero-order valence-electron chi connectivity index (χ0n) is 17.8. The van der Waals surface area contributed by atoms with Crippen molar-refractivity contribution in [3.05, 3.63) is 46.4 Å². The number of amides is 1. The summed E-state index contributed by atoms with van der Waals surface area (Å²) >= 11 is 12.1. The van der Waals surface area contributed by atoms with Gasteiger partial charge in [-0.05, 0) is 43.3 Å². The van der Waals surface area contributed by atoms with Gasteiger partial charge in [0.2, 0.25) is 15.9 Å². The van der Waals surface area contributed by atoms with Crippen LogP contribution in [0.1, 0.15) is 6.42 Å². The molecule has 0 bridgehead atoms. The van der Waals surface area contributed by atoms with Gasteiger partial charge < -0.3 is 14.8 Å². The van der Waals surface area contributed by atoms with E-state index in [0.717, 1.165) is 0 Å². The van der Waals surface area contributed by atoms with Gasteiger partial charge in [0.25, 0.3) is 0 Å². The average molecular weight is 502 g/mol. The molecule has 1 amide bonds. The molecule has 0 unspecified atom stereocenters. The number of benzene rings is 2. The number of halogens is 2. The van der Waals surface area contributed by atoms with E-state index in [1.54, 1.807) is 31.4 Å². The first-order valence-corrected chi connectivity index (χ1v) is 12.1. The Bertz CT molecular complexity index is 1080. The first-order valence-electron chi connectivity index (χ1n) is 9.94. The molecule has 0 aromatic heterocycles. The van der Waals surface area contributed by atoms with Gasteiger partial charge in [-0.1, -0.05) is 23.2 Å². The molecule has 1 aliphatic heterocycles. The molecule has 2 aromatic rings. The minimum atomic E-state index is -3.79. The molecule has 32 heavy (non-hydrogen) atoms. The fraction of sp³-hybridized carbons (Fsp3) is 0.381. The highest BCUT2D eigenvalue weighted by molar-refractivity contribution is 7.89. The van der Waals surface area contributed by atoms with Gasteiger partial charge in [-0.25, -0.2) is 8.42 Å². The number of carbonyl (C=O) groups is 1. The van der Waals surface area contributed by atoms with E-state index in [1.165, 1.54) is 23.5 Å². The van der Waals surface area contributed by atoms with E-state index < -0.39 is 10.0 Å². The van der Waals surface area contributed by atoms with Gasteiger partial charge in [0.15, 0.2) is 0 Å². The van der Waals surface area contributed by atoms with Crippen LogP contribution in [-0.4, -0.2) is 70.5 Å². The monoisotopic (exact) mass is 501 g/mol. The number of hydrogen-bond acceptors (Lipinski definition) is 6. The molecule has 11 heteroatoms. The number of methoxy groups -OCH3 is 2. The SMILES string of the molecule is COc1ccc(NC(=O)CN2CCCN(S(=O)(=O)c3cc(Cl)ccc3Cl)CC2)c(OC)c1. The number of sulfonamides is 1. The predicted octanol–water partition coefficient (Wildman–Crippen LogP) is 3.35. The molecule has 0 radical (unpaired) electrons. The highest BCUT2D eigenvalue weighted by atomic mass is 35.5. The molecule has 8 nitrogen and oxygen atoms in total. The number of carbonyl (C=O) groups excluding carboxylic acids is 1. The van der Waals surface area contributed by atoms with Crippen LogP contribution in [0, 0.1) is 0 Å². The lowest BCUT2D eigenvalue weighted by Crippen LogP contribution is -2.38. The summed E-state index contributed by atoms with van der Waals surface area (Å²) in [7, 11) is -0.727. The Hall–Kier alpha value is -2.04. The van der Waals surface area contributed by atoms with Crippen LogP contribution in [0.4, 0.5) is 5.69 Å². The van der Waals surface area contributed by atoms with Gasteiger partial charge in [-0.15, -0.1) is 0 Å². The number of ether oxygens (including phenoxy) is 2. The van der Waals surface area contributed by atoms with Gasteiger partial charge in [-0.3, -0.25) is 9.69 Å². The van der Waals surface area contributed by atoms with Gasteiger partial charge in [0.1, 0.15) is 16.4 Å². The lowest BCUT2D eigenvalue weighted by Gasteiger charge is -2.22. The average Bonchev–Trinajstić information content (AvgIpc) is 3.01. The minimum Gasteiger partial charge on any atom is -0.497 e. The van der Waals surface area contributed by atoms with Crippen molar-refractivity contribution >= 4 is 44.8 Å². The third kappa shape index (κ3) is 5.85. The first kappa shape index (κ1) is 24.6. The lowest BCUT2D eigenvalue weighted by molar-refractivity contribution is -0.117. The summed E-state index contributed by atoms with van der Waals surface area (Å²) < 4.78 is 38.0. The highest BCUT2D eigenvalue weighted by Gasteiger charge is 2.29. The van der Waals surface area contributed by atoms with E-state index in [9.17, 15) is 13.2 Å². The van der Waals surface area contributed by atoms with Crippen molar-refractivity contribution in [2.45, 2.75) is 11.3 Å². The van der Waals surface area contributed by atoms with Crippen molar-refractivity contribution in [3.8, 4) is 11.5 Å². The molecular weight excluding hydrogens is 477 g/mol. The first-order chi connectivity index (χ1) is 15.2. The molecule has 1 aliphatic rings. The fourth-order valence-electron chi connectivity index (χ4n) is 3.45. The molecule has 2 aromatic carbocycles. The Labute approximate surface area is 198 Å². The minimum absolute atomic E-state index is 0.00976. The van der Waals surface area contributed by atoms with Crippen LogP contribution in [0.2, 0.25) is 10.0 Å². The molecule has 174 valence electrons. The predicted molar refractivity (Wildman–Crippen MR) is 124 cm³/mol. The number of nitrogens with one attached hydrogen (secondary N) is 1. The topological polar surface area (TPSA) is 88.2 Å². The molecule has 1 saturated heterocycles. The van der Waals surface area contributed by atoms with Crippen LogP contribution in [0.5, 0.6) is 11.5 Å². The van der Waals surface area contributed by atoms with E-state index in [2.05, 4.69) is 5.32 Å². The van der Waals surface area contributed by atoms with Crippen LogP contribution < -0.4 is 14.8 Å². The molecule has 0 spiro atoms. The second kappa shape index (κ2) is 10.7. The third-order valence-corrected chi connectivity index (χ3v) is 7.72. The number of rotatable bonds is 7. The Morgan fingerprint density at radius 2 is 1.81 bits per heavy atom. The van der Waals surface area contributed by atoms with E-state index in [4.69, 9.17) is 32.7 Å². The summed E-state index contributed by atoms with van der Waals surface area (Å²) in [6.45, 7) is 1.69. The molecule has 1 heterocycles. The van der Waals surface area contributed by atoms with E-state index in [-0.39, 0.29) is 28.9 Å². The van der Waals surface area contributed by atoms with Gasteiger partial charge in [-0.2, -0.15) is 4.31 Å². The third-order valence-electron chi connectivity index (χ3n) is 5.11. The summed E-state index contributed by atoms with van der Waals surface area (Å²) in [4.78, 5) is 14.5. The largest absolute Gasteiger partial charge is 0.497 e.